The Kier molecular flexibility index (Phi) is 21.1. The van der Waals surface area contributed by atoms with Crippen LogP contribution in [0.15, 0.2) is 173 Å². The molecule has 1 aliphatic carbocycles. The summed E-state index contributed by atoms with van der Waals surface area (Å²) in [4.78, 5) is 38.3. The number of aryl methyl sites for hydroxylation is 3. The van der Waals surface area contributed by atoms with Crippen LogP contribution in [0, 0.1) is 20.8 Å². The van der Waals surface area contributed by atoms with Gasteiger partial charge in [-0.05, 0) is 57.0 Å². The monoisotopic (exact) mass is 690 g/mol. The number of thioether (sulfide) groups is 1. The van der Waals surface area contributed by atoms with Gasteiger partial charge in [-0.3, -0.25) is 9.59 Å². The van der Waals surface area contributed by atoms with E-state index in [9.17, 15) is 9.59 Å². The maximum Gasteiger partial charge on any atom is 0.195 e. The minimum atomic E-state index is -0.111. The molecule has 0 atom stereocenters. The molecule has 0 bridgehead atoms. The molecule has 0 saturated heterocycles. The smallest absolute Gasteiger partial charge is 0.195 e. The van der Waals surface area contributed by atoms with E-state index in [1.165, 1.54) is 17.3 Å². The number of hydrogen-bond acceptors (Lipinski definition) is 6. The largest absolute Gasteiger partial charge is 0.400 e. The molecule has 1 N–H and O–H groups in total. The van der Waals surface area contributed by atoms with Crippen LogP contribution in [-0.2, 0) is 4.79 Å². The molecule has 4 nitrogen and oxygen atoms in total. The first kappa shape index (κ1) is 42.3. The number of aliphatic hydroxyl groups is 1. The molecular weight excluding hydrogens is 645 g/mol. The first-order valence-electron chi connectivity index (χ1n) is 15.5. The van der Waals surface area contributed by atoms with Crippen LogP contribution >= 0.6 is 23.5 Å². The fourth-order valence-electron chi connectivity index (χ4n) is 4.41. The molecule has 0 radical (unpaired) electrons. The molecule has 0 fully saturated rings. The Bertz CT molecular complexity index is 1750. The van der Waals surface area contributed by atoms with Gasteiger partial charge in [-0.15, -0.1) is 11.8 Å². The van der Waals surface area contributed by atoms with Crippen molar-refractivity contribution in [3.63, 3.8) is 0 Å². The Labute approximate surface area is 301 Å². The van der Waals surface area contributed by atoms with E-state index < -0.39 is 0 Å². The first-order chi connectivity index (χ1) is 23.8. The first-order valence-corrected chi connectivity index (χ1v) is 17.3. The fourth-order valence-corrected chi connectivity index (χ4v) is 6.53. The molecule has 1 aliphatic rings. The van der Waals surface area contributed by atoms with E-state index in [4.69, 9.17) is 9.90 Å². The number of fused-ring (bicyclic) bond motifs is 1. The predicted octanol–water partition coefficient (Wildman–Crippen LogP) is 10.8. The molecule has 49 heavy (non-hydrogen) atoms. The summed E-state index contributed by atoms with van der Waals surface area (Å²) < 4.78 is 0. The van der Waals surface area contributed by atoms with Crippen molar-refractivity contribution in [3.05, 3.63) is 186 Å². The zero-order valence-electron chi connectivity index (χ0n) is 29.0. The predicted molar refractivity (Wildman–Crippen MR) is 210 cm³/mol. The summed E-state index contributed by atoms with van der Waals surface area (Å²) in [5, 5.41) is 7.00. The topological polar surface area (TPSA) is 71.4 Å². The third kappa shape index (κ3) is 13.3. The van der Waals surface area contributed by atoms with E-state index in [0.717, 1.165) is 32.9 Å². The van der Waals surface area contributed by atoms with Gasteiger partial charge in [0, 0.05) is 49.8 Å². The molecule has 5 rings (SSSR count). The lowest BCUT2D eigenvalue weighted by atomic mass is 9.84. The normalized spacial score (nSPS) is 11.5. The molecule has 0 aliphatic heterocycles. The lowest BCUT2D eigenvalue weighted by molar-refractivity contribution is -0.0980. The molecule has 4 aromatic rings. The Hall–Kier alpha value is -4.75. The highest BCUT2D eigenvalue weighted by Gasteiger charge is 2.33. The average Bonchev–Trinajstić information content (AvgIpc) is 3.13. The minimum Gasteiger partial charge on any atom is -0.400 e. The molecular formula is C43H46O4S2. The maximum absolute atomic E-state index is 13.7. The SMILES string of the molecule is C=C/C=C\C.C=C/C=C\C1=C(CSc2ccccc2C)C(=O)c2cccc(Sc3ccccc3C)c2C1=O.C=O.CO.Cc1ccccc1. The van der Waals surface area contributed by atoms with Gasteiger partial charge in [-0.1, -0.05) is 146 Å². The summed E-state index contributed by atoms with van der Waals surface area (Å²) >= 11 is 3.11. The molecule has 0 heterocycles. The molecule has 0 saturated carbocycles. The molecule has 0 unspecified atom stereocenters. The number of Topliss-reactive ketones (excluding diaryl/α,β-unsaturated/α-hetero) is 2. The minimum absolute atomic E-state index is 0.0818. The lowest BCUT2D eigenvalue weighted by Gasteiger charge is -2.22. The summed E-state index contributed by atoms with van der Waals surface area (Å²) in [6.07, 6.45) is 10.6. The van der Waals surface area contributed by atoms with Gasteiger partial charge in [-0.2, -0.15) is 0 Å². The molecule has 6 heteroatoms. The molecule has 0 aromatic heterocycles. The second-order valence-electron chi connectivity index (χ2n) is 10.2. The summed E-state index contributed by atoms with van der Waals surface area (Å²) in [6, 6.07) is 31.9. The standard InChI is InChI=1S/C29H24O2S2.C7H8.C5H8.CH4O.CH2O/c1-4-5-13-21-23(18-32-24-15-8-6-11-19(24)2)28(30)22-14-10-17-26(27(22)29(21)31)33-25-16-9-7-12-20(25)3;1-7-5-3-2-4-6-7;1-3-5-4-2;2*1-2/h4-17H,1,18H2,2-3H3;2-6H,1H3;3-5H,1H2,2H3;2H,1H3;1H2/b13-5-;;5-4-;;. The molecule has 0 spiro atoms. The van der Waals surface area contributed by atoms with Crippen LogP contribution < -0.4 is 0 Å². The van der Waals surface area contributed by atoms with E-state index in [1.54, 1.807) is 42.1 Å². The number of aliphatic hydroxyl groups excluding tert-OH is 1. The van der Waals surface area contributed by atoms with Crippen LogP contribution in [0.5, 0.6) is 0 Å². The van der Waals surface area contributed by atoms with Gasteiger partial charge in [0.25, 0.3) is 0 Å². The Morgan fingerprint density at radius 2 is 1.18 bits per heavy atom. The Morgan fingerprint density at radius 1 is 0.653 bits per heavy atom. The van der Waals surface area contributed by atoms with Crippen LogP contribution in [0.2, 0.25) is 0 Å². The number of ketones is 2. The number of rotatable bonds is 8. The van der Waals surface area contributed by atoms with E-state index in [-0.39, 0.29) is 11.6 Å². The third-order valence-electron chi connectivity index (χ3n) is 6.79. The Balaban J connectivity index is 0.000000625. The van der Waals surface area contributed by atoms with Crippen molar-refractivity contribution in [2.75, 3.05) is 12.9 Å². The number of carbonyl (C=O) groups is 3. The molecule has 0 amide bonds. The van der Waals surface area contributed by atoms with Gasteiger partial charge in [0.2, 0.25) is 0 Å². The highest BCUT2D eigenvalue weighted by atomic mass is 32.2. The number of allylic oxidation sites excluding steroid dienone is 7. The van der Waals surface area contributed by atoms with Crippen molar-refractivity contribution in [2.24, 2.45) is 0 Å². The number of hydrogen-bond donors (Lipinski definition) is 1. The van der Waals surface area contributed by atoms with Gasteiger partial charge in [0.05, 0.1) is 0 Å². The highest BCUT2D eigenvalue weighted by molar-refractivity contribution is 7.99. The van der Waals surface area contributed by atoms with E-state index in [1.807, 2.05) is 119 Å². The second-order valence-corrected chi connectivity index (χ2v) is 12.3. The van der Waals surface area contributed by atoms with Crippen molar-refractivity contribution >= 4 is 41.9 Å². The van der Waals surface area contributed by atoms with Gasteiger partial charge in [0.1, 0.15) is 6.79 Å². The number of carbonyl (C=O) groups excluding carboxylic acids is 3. The highest BCUT2D eigenvalue weighted by Crippen LogP contribution is 2.39. The van der Waals surface area contributed by atoms with E-state index in [0.29, 0.717) is 28.0 Å². The quantitative estimate of drug-likeness (QED) is 0.147. The summed E-state index contributed by atoms with van der Waals surface area (Å²) in [7, 11) is 1.00. The van der Waals surface area contributed by atoms with Crippen molar-refractivity contribution in [1.29, 1.82) is 0 Å². The zero-order valence-corrected chi connectivity index (χ0v) is 30.7. The maximum atomic E-state index is 13.7. The van der Waals surface area contributed by atoms with Crippen LogP contribution in [0.1, 0.15) is 44.3 Å². The molecule has 4 aromatic carbocycles. The number of benzene rings is 4. The van der Waals surface area contributed by atoms with Crippen molar-refractivity contribution in [2.45, 2.75) is 42.4 Å². The van der Waals surface area contributed by atoms with Crippen LogP contribution in [-0.4, -0.2) is 36.3 Å². The van der Waals surface area contributed by atoms with Crippen LogP contribution in [0.25, 0.3) is 0 Å². The van der Waals surface area contributed by atoms with Crippen molar-refractivity contribution in [1.82, 2.24) is 0 Å². The lowest BCUT2D eigenvalue weighted by Crippen LogP contribution is -2.23. The summed E-state index contributed by atoms with van der Waals surface area (Å²) in [5.74, 6) is 0.238. The third-order valence-corrected chi connectivity index (χ3v) is 9.23. The Morgan fingerprint density at radius 3 is 1.67 bits per heavy atom. The zero-order chi connectivity index (χ0) is 36.6. The van der Waals surface area contributed by atoms with E-state index in [2.05, 4.69) is 32.2 Å². The van der Waals surface area contributed by atoms with Gasteiger partial charge in [0.15, 0.2) is 11.6 Å². The second kappa shape index (κ2) is 24.4. The van der Waals surface area contributed by atoms with Crippen molar-refractivity contribution in [3.8, 4) is 0 Å². The average molecular weight is 691 g/mol. The van der Waals surface area contributed by atoms with Gasteiger partial charge >= 0.3 is 0 Å². The fraction of sp³-hybridized carbons (Fsp3) is 0.140. The van der Waals surface area contributed by atoms with E-state index >= 15 is 0 Å². The summed E-state index contributed by atoms with van der Waals surface area (Å²) in [5.41, 5.74) is 5.56. The van der Waals surface area contributed by atoms with Gasteiger partial charge < -0.3 is 9.90 Å². The van der Waals surface area contributed by atoms with Crippen molar-refractivity contribution < 1.29 is 19.5 Å². The van der Waals surface area contributed by atoms with Crippen LogP contribution in [0.3, 0.4) is 0 Å². The molecule has 254 valence electrons. The van der Waals surface area contributed by atoms with Gasteiger partial charge in [-0.25, -0.2) is 0 Å². The van der Waals surface area contributed by atoms with Crippen LogP contribution in [0.4, 0.5) is 0 Å². The summed E-state index contributed by atoms with van der Waals surface area (Å²) in [6.45, 7) is 17.3.